The summed E-state index contributed by atoms with van der Waals surface area (Å²) in [5.41, 5.74) is 12.6. The number of likely N-dealkylation sites (tertiary alicyclic amines) is 1. The molecule has 3 amide bonds. The minimum atomic E-state index is -0.772. The number of carbonyl (C=O) groups excluding carboxylic acids is 3. The van der Waals surface area contributed by atoms with E-state index < -0.39 is 11.9 Å². The number of hydrogen-bond donors (Lipinski definition) is 3. The van der Waals surface area contributed by atoms with Crippen molar-refractivity contribution in [2.45, 2.75) is 76.5 Å². The van der Waals surface area contributed by atoms with E-state index in [9.17, 15) is 14.4 Å². The largest absolute Gasteiger partial charge is 0.395 e. The Morgan fingerprint density at radius 2 is 1.78 bits per heavy atom. The molecule has 10 heteroatoms. The summed E-state index contributed by atoms with van der Waals surface area (Å²) >= 11 is 0.863. The van der Waals surface area contributed by atoms with Crippen molar-refractivity contribution in [2.24, 2.45) is 5.73 Å². The van der Waals surface area contributed by atoms with Crippen molar-refractivity contribution < 1.29 is 14.4 Å². The van der Waals surface area contributed by atoms with Crippen LogP contribution in [0.1, 0.15) is 77.6 Å². The number of nitrogens with one attached hydrogen (secondary N) is 1. The van der Waals surface area contributed by atoms with E-state index in [-0.39, 0.29) is 40.2 Å². The highest BCUT2D eigenvalue weighted by atomic mass is 32.1. The number of anilines is 1. The van der Waals surface area contributed by atoms with Gasteiger partial charge >= 0.3 is 0 Å². The number of rotatable bonds is 8. The first-order valence-corrected chi connectivity index (χ1v) is 13.6. The average molecular weight is 513 g/mol. The first kappa shape index (κ1) is 26.1. The normalized spacial score (nSPS) is 18.5. The minimum Gasteiger partial charge on any atom is -0.395 e. The number of primary amides is 1. The van der Waals surface area contributed by atoms with Crippen LogP contribution >= 0.6 is 11.5 Å². The van der Waals surface area contributed by atoms with Crippen molar-refractivity contribution in [3.63, 3.8) is 0 Å². The molecule has 2 fully saturated rings. The van der Waals surface area contributed by atoms with Crippen LogP contribution in [0, 0.1) is 0 Å². The lowest BCUT2D eigenvalue weighted by Crippen LogP contribution is -2.56. The van der Waals surface area contributed by atoms with E-state index >= 15 is 0 Å². The molecule has 1 saturated heterocycles. The third-order valence-electron chi connectivity index (χ3n) is 7.34. The zero-order chi connectivity index (χ0) is 25.7. The van der Waals surface area contributed by atoms with Gasteiger partial charge < -0.3 is 21.7 Å². The Hall–Kier alpha value is -2.98. The number of nitrogen functional groups attached to an aromatic ring is 1. The molecule has 1 saturated carbocycles. The van der Waals surface area contributed by atoms with Gasteiger partial charge in [0, 0.05) is 31.7 Å². The second-order valence-corrected chi connectivity index (χ2v) is 10.6. The van der Waals surface area contributed by atoms with Gasteiger partial charge in [-0.05, 0) is 49.7 Å². The van der Waals surface area contributed by atoms with Crippen LogP contribution in [0.2, 0.25) is 0 Å². The number of nitrogens with two attached hydrogens (primary N) is 2. The summed E-state index contributed by atoms with van der Waals surface area (Å²) in [6.07, 6.45) is 6.81. The maximum atomic E-state index is 13.8. The van der Waals surface area contributed by atoms with Gasteiger partial charge in [-0.25, -0.2) is 0 Å². The molecule has 2 aliphatic rings. The quantitative estimate of drug-likeness (QED) is 0.498. The van der Waals surface area contributed by atoms with Gasteiger partial charge in [0.1, 0.15) is 10.9 Å². The van der Waals surface area contributed by atoms with E-state index in [0.29, 0.717) is 0 Å². The number of aromatic nitrogens is 1. The number of amides is 3. The molecule has 194 valence electrons. The molecule has 5 N–H and O–H groups in total. The van der Waals surface area contributed by atoms with Gasteiger partial charge in [-0.3, -0.25) is 19.3 Å². The molecular formula is C26H36N6O3S. The minimum absolute atomic E-state index is 0.0103. The highest BCUT2D eigenvalue weighted by molar-refractivity contribution is 7.09. The molecule has 36 heavy (non-hydrogen) atoms. The fraction of sp³-hybridized carbons (Fsp3) is 0.538. The lowest BCUT2D eigenvalue weighted by atomic mass is 9.95. The van der Waals surface area contributed by atoms with Crippen molar-refractivity contribution in [1.29, 1.82) is 0 Å². The molecule has 0 radical (unpaired) electrons. The maximum Gasteiger partial charge on any atom is 0.270 e. The SMILES string of the molecule is CC(C(=O)NC1CCCCC1)N(C(=O)c1snc(C(N)=O)c1N)C1CCN(Cc2ccccc2)CC1. The Bertz CT molecular complexity index is 1060. The van der Waals surface area contributed by atoms with Gasteiger partial charge in [-0.1, -0.05) is 49.6 Å². The number of hydrogen-bond acceptors (Lipinski definition) is 7. The number of piperidine rings is 1. The molecule has 1 aliphatic carbocycles. The Morgan fingerprint density at radius 1 is 1.11 bits per heavy atom. The van der Waals surface area contributed by atoms with Crippen LogP contribution in [0.15, 0.2) is 30.3 Å². The molecule has 0 bridgehead atoms. The fourth-order valence-electron chi connectivity index (χ4n) is 5.30. The predicted octanol–water partition coefficient (Wildman–Crippen LogP) is 2.77. The third-order valence-corrected chi connectivity index (χ3v) is 8.19. The molecule has 2 heterocycles. The molecular weight excluding hydrogens is 476 g/mol. The summed E-state index contributed by atoms with van der Waals surface area (Å²) in [6.45, 7) is 4.25. The first-order valence-electron chi connectivity index (χ1n) is 12.8. The number of carbonyl (C=O) groups is 3. The lowest BCUT2D eigenvalue weighted by molar-refractivity contribution is -0.127. The fourth-order valence-corrected chi connectivity index (χ4v) is 6.05. The summed E-state index contributed by atoms with van der Waals surface area (Å²) < 4.78 is 4.01. The van der Waals surface area contributed by atoms with Crippen molar-refractivity contribution in [2.75, 3.05) is 18.8 Å². The molecule has 1 unspecified atom stereocenters. The highest BCUT2D eigenvalue weighted by Gasteiger charge is 2.37. The van der Waals surface area contributed by atoms with Crippen molar-refractivity contribution >= 4 is 34.9 Å². The molecule has 4 rings (SSSR count). The summed E-state index contributed by atoms with van der Waals surface area (Å²) in [4.78, 5) is 42.9. The number of benzene rings is 1. The maximum absolute atomic E-state index is 13.8. The Kier molecular flexibility index (Phi) is 8.58. The van der Waals surface area contributed by atoms with Crippen LogP contribution in [-0.2, 0) is 11.3 Å². The van der Waals surface area contributed by atoms with Crippen LogP contribution in [0.4, 0.5) is 5.69 Å². The van der Waals surface area contributed by atoms with Crippen LogP contribution in [0.25, 0.3) is 0 Å². The summed E-state index contributed by atoms with van der Waals surface area (Å²) in [6, 6.07) is 9.65. The zero-order valence-electron chi connectivity index (χ0n) is 20.8. The molecule has 1 aromatic heterocycles. The summed E-state index contributed by atoms with van der Waals surface area (Å²) in [5.74, 6) is -1.29. The molecule has 9 nitrogen and oxygen atoms in total. The molecule has 1 aromatic carbocycles. The lowest BCUT2D eigenvalue weighted by Gasteiger charge is -2.41. The van der Waals surface area contributed by atoms with Crippen LogP contribution < -0.4 is 16.8 Å². The van der Waals surface area contributed by atoms with E-state index in [2.05, 4.69) is 26.7 Å². The van der Waals surface area contributed by atoms with E-state index in [1.807, 2.05) is 18.2 Å². The van der Waals surface area contributed by atoms with E-state index in [4.69, 9.17) is 11.5 Å². The smallest absolute Gasteiger partial charge is 0.270 e. The Balaban J connectivity index is 1.51. The van der Waals surface area contributed by atoms with Crippen LogP contribution in [-0.4, -0.2) is 63.1 Å². The monoisotopic (exact) mass is 512 g/mol. The van der Waals surface area contributed by atoms with Crippen molar-refractivity contribution in [3.8, 4) is 0 Å². The standard InChI is InChI=1S/C26H36N6O3S/c1-17(25(34)29-19-10-6-3-7-11-19)32(26(35)23-21(27)22(24(28)33)30-36-23)20-12-14-31(15-13-20)16-18-8-4-2-5-9-18/h2,4-5,8-9,17,19-20H,3,6-7,10-16,27H2,1H3,(H2,28,33)(H,29,34). The van der Waals surface area contributed by atoms with Crippen LogP contribution in [0.3, 0.4) is 0 Å². The van der Waals surface area contributed by atoms with E-state index in [1.54, 1.807) is 11.8 Å². The summed E-state index contributed by atoms with van der Waals surface area (Å²) in [5, 5.41) is 3.16. The zero-order valence-corrected chi connectivity index (χ0v) is 21.6. The summed E-state index contributed by atoms with van der Waals surface area (Å²) in [7, 11) is 0. The van der Waals surface area contributed by atoms with Crippen molar-refractivity contribution in [3.05, 3.63) is 46.5 Å². The average Bonchev–Trinajstić information content (AvgIpc) is 3.28. The third kappa shape index (κ3) is 6.04. The second-order valence-electron chi connectivity index (χ2n) is 9.86. The van der Waals surface area contributed by atoms with Gasteiger partial charge in [-0.15, -0.1) is 0 Å². The topological polar surface area (TPSA) is 135 Å². The van der Waals surface area contributed by atoms with E-state index in [1.165, 1.54) is 12.0 Å². The van der Waals surface area contributed by atoms with Gasteiger partial charge in [0.05, 0.1) is 5.69 Å². The molecule has 1 aliphatic heterocycles. The van der Waals surface area contributed by atoms with Gasteiger partial charge in [-0.2, -0.15) is 4.37 Å². The Morgan fingerprint density at radius 3 is 2.39 bits per heavy atom. The Labute approximate surface area is 216 Å². The van der Waals surface area contributed by atoms with Gasteiger partial charge in [0.15, 0.2) is 5.69 Å². The van der Waals surface area contributed by atoms with Crippen molar-refractivity contribution in [1.82, 2.24) is 19.5 Å². The highest BCUT2D eigenvalue weighted by Crippen LogP contribution is 2.28. The van der Waals surface area contributed by atoms with E-state index in [0.717, 1.165) is 69.7 Å². The molecule has 0 spiro atoms. The van der Waals surface area contributed by atoms with Crippen LogP contribution in [0.5, 0.6) is 0 Å². The van der Waals surface area contributed by atoms with Gasteiger partial charge in [0.25, 0.3) is 11.8 Å². The molecule has 2 aromatic rings. The second kappa shape index (κ2) is 11.8. The molecule has 1 atom stereocenters. The number of nitrogens with zero attached hydrogens (tertiary/aromatic N) is 3. The first-order chi connectivity index (χ1) is 17.3. The predicted molar refractivity (Wildman–Crippen MR) is 140 cm³/mol. The van der Waals surface area contributed by atoms with Gasteiger partial charge in [0.2, 0.25) is 5.91 Å².